The van der Waals surface area contributed by atoms with Crippen LogP contribution in [0.4, 0.5) is 9.18 Å². The average molecular weight is 289 g/mol. The topological polar surface area (TPSA) is 98.5 Å². The Morgan fingerprint density at radius 1 is 1.37 bits per heavy atom. The zero-order valence-corrected chi connectivity index (χ0v) is 10.4. The van der Waals surface area contributed by atoms with Crippen molar-refractivity contribution in [2.75, 3.05) is 6.61 Å². The molecular formula is C11H10ClFN2O4. The van der Waals surface area contributed by atoms with Crippen LogP contribution in [-0.4, -0.2) is 24.5 Å². The third-order valence-electron chi connectivity index (χ3n) is 2.01. The van der Waals surface area contributed by atoms with Crippen molar-refractivity contribution in [1.29, 1.82) is 0 Å². The van der Waals surface area contributed by atoms with Gasteiger partial charge in [-0.15, -0.1) is 0 Å². The molecule has 0 aliphatic heterocycles. The summed E-state index contributed by atoms with van der Waals surface area (Å²) in [5, 5.41) is 1.79. The second kappa shape index (κ2) is 6.69. The second-order valence-electron chi connectivity index (χ2n) is 3.45. The van der Waals surface area contributed by atoms with Gasteiger partial charge in [0.2, 0.25) is 0 Å². The molecule has 0 fully saturated rings. The van der Waals surface area contributed by atoms with E-state index in [9.17, 15) is 18.8 Å². The van der Waals surface area contributed by atoms with Crippen LogP contribution in [0, 0.1) is 5.82 Å². The molecule has 0 aliphatic carbocycles. The number of hydrogen-bond donors (Lipinski definition) is 2. The van der Waals surface area contributed by atoms with Gasteiger partial charge >= 0.3 is 12.0 Å². The molecule has 1 aromatic carbocycles. The van der Waals surface area contributed by atoms with Crippen molar-refractivity contribution in [3.63, 3.8) is 0 Å². The van der Waals surface area contributed by atoms with E-state index in [4.69, 9.17) is 11.6 Å². The Kier molecular flexibility index (Phi) is 5.25. The molecule has 0 saturated carbocycles. The van der Waals surface area contributed by atoms with Gasteiger partial charge in [-0.25, -0.2) is 9.18 Å². The quantitative estimate of drug-likeness (QED) is 0.799. The Morgan fingerprint density at radius 2 is 2.05 bits per heavy atom. The van der Waals surface area contributed by atoms with Crippen molar-refractivity contribution < 1.29 is 23.5 Å². The Morgan fingerprint density at radius 3 is 2.63 bits per heavy atom. The van der Waals surface area contributed by atoms with Crippen LogP contribution in [0.1, 0.15) is 5.56 Å². The highest BCUT2D eigenvalue weighted by atomic mass is 35.5. The lowest BCUT2D eigenvalue weighted by molar-refractivity contribution is -0.147. The second-order valence-corrected chi connectivity index (χ2v) is 3.86. The van der Waals surface area contributed by atoms with E-state index in [1.165, 1.54) is 12.1 Å². The van der Waals surface area contributed by atoms with E-state index in [1.54, 1.807) is 5.32 Å². The third kappa shape index (κ3) is 4.92. The number of primary amides is 1. The maximum atomic E-state index is 13.3. The fourth-order valence-electron chi connectivity index (χ4n) is 1.22. The van der Waals surface area contributed by atoms with Gasteiger partial charge in [0.15, 0.2) is 6.61 Å². The maximum Gasteiger partial charge on any atom is 0.318 e. The number of halogens is 2. The smallest absolute Gasteiger partial charge is 0.318 e. The van der Waals surface area contributed by atoms with E-state index in [1.807, 2.05) is 0 Å². The van der Waals surface area contributed by atoms with Crippen molar-refractivity contribution in [1.82, 2.24) is 5.32 Å². The summed E-state index contributed by atoms with van der Waals surface area (Å²) in [6, 6.07) is 2.91. The van der Waals surface area contributed by atoms with Gasteiger partial charge in [-0.3, -0.25) is 14.9 Å². The van der Waals surface area contributed by atoms with Gasteiger partial charge in [-0.1, -0.05) is 17.7 Å². The molecule has 0 atom stereocenters. The molecule has 0 spiro atoms. The Balaban J connectivity index is 2.52. The van der Waals surface area contributed by atoms with E-state index < -0.39 is 36.8 Å². The lowest BCUT2D eigenvalue weighted by Gasteiger charge is -2.06. The molecule has 0 heterocycles. The summed E-state index contributed by atoms with van der Waals surface area (Å²) < 4.78 is 17.9. The third-order valence-corrected chi connectivity index (χ3v) is 2.36. The Hall–Kier alpha value is -2.15. The predicted octanol–water partition coefficient (Wildman–Crippen LogP) is 0.760. The monoisotopic (exact) mass is 288 g/mol. The van der Waals surface area contributed by atoms with Crippen LogP contribution >= 0.6 is 11.6 Å². The number of rotatable bonds is 4. The number of benzene rings is 1. The van der Waals surface area contributed by atoms with Gasteiger partial charge in [-0.2, -0.15) is 0 Å². The molecule has 0 unspecified atom stereocenters. The van der Waals surface area contributed by atoms with Crippen LogP contribution in [0.2, 0.25) is 5.02 Å². The molecule has 0 aliphatic rings. The first-order valence-corrected chi connectivity index (χ1v) is 5.45. The normalized spacial score (nSPS) is 9.79. The maximum absolute atomic E-state index is 13.3. The molecule has 1 rings (SSSR count). The Bertz CT molecular complexity index is 501. The van der Waals surface area contributed by atoms with Gasteiger partial charge < -0.3 is 10.5 Å². The number of carbonyl (C=O) groups excluding carboxylic acids is 3. The van der Waals surface area contributed by atoms with E-state index in [0.717, 1.165) is 6.07 Å². The molecule has 0 aromatic heterocycles. The molecular weight excluding hydrogens is 279 g/mol. The number of ether oxygens (including phenoxy) is 1. The first kappa shape index (κ1) is 14.9. The highest BCUT2D eigenvalue weighted by Gasteiger charge is 2.14. The number of urea groups is 1. The van der Waals surface area contributed by atoms with E-state index in [0.29, 0.717) is 0 Å². The lowest BCUT2D eigenvalue weighted by atomic mass is 10.1. The number of imide groups is 1. The first-order chi connectivity index (χ1) is 8.90. The van der Waals surface area contributed by atoms with Crippen LogP contribution in [0.25, 0.3) is 0 Å². The van der Waals surface area contributed by atoms with Gasteiger partial charge in [-0.05, 0) is 12.1 Å². The minimum atomic E-state index is -1.06. The highest BCUT2D eigenvalue weighted by Crippen LogP contribution is 2.19. The minimum Gasteiger partial charge on any atom is -0.455 e. The molecule has 8 heteroatoms. The van der Waals surface area contributed by atoms with Crippen LogP contribution < -0.4 is 11.1 Å². The Labute approximate surface area is 112 Å². The van der Waals surface area contributed by atoms with E-state index in [2.05, 4.69) is 10.5 Å². The molecule has 6 nitrogen and oxygen atoms in total. The summed E-state index contributed by atoms with van der Waals surface area (Å²) in [5.74, 6) is -2.38. The summed E-state index contributed by atoms with van der Waals surface area (Å²) in [4.78, 5) is 32.6. The van der Waals surface area contributed by atoms with Crippen molar-refractivity contribution in [3.05, 3.63) is 34.6 Å². The highest BCUT2D eigenvalue weighted by molar-refractivity contribution is 6.31. The van der Waals surface area contributed by atoms with Crippen LogP contribution in [0.3, 0.4) is 0 Å². The molecule has 0 bridgehead atoms. The van der Waals surface area contributed by atoms with E-state index in [-0.39, 0.29) is 10.6 Å². The number of esters is 1. The van der Waals surface area contributed by atoms with Gasteiger partial charge in [0, 0.05) is 10.6 Å². The number of hydrogen-bond acceptors (Lipinski definition) is 4. The number of amides is 3. The minimum absolute atomic E-state index is 0.0236. The summed E-state index contributed by atoms with van der Waals surface area (Å²) in [5.41, 5.74) is 4.66. The zero-order chi connectivity index (χ0) is 14.4. The molecule has 3 amide bonds. The first-order valence-electron chi connectivity index (χ1n) is 5.08. The van der Waals surface area contributed by atoms with Gasteiger partial charge in [0.05, 0.1) is 6.42 Å². The standard InChI is InChI=1S/C11H10ClFN2O4/c12-7-2-1-3-8(13)6(7)4-10(17)19-5-9(16)15-11(14)18/h1-3H,4-5H2,(H3,14,15,16,18). The average Bonchev–Trinajstić information content (AvgIpc) is 2.30. The SMILES string of the molecule is NC(=O)NC(=O)COC(=O)Cc1c(F)cccc1Cl. The lowest BCUT2D eigenvalue weighted by Crippen LogP contribution is -2.37. The molecule has 0 radical (unpaired) electrons. The number of nitrogens with two attached hydrogens (primary N) is 1. The largest absolute Gasteiger partial charge is 0.455 e. The molecule has 19 heavy (non-hydrogen) atoms. The van der Waals surface area contributed by atoms with Crippen LogP contribution in [0.5, 0.6) is 0 Å². The summed E-state index contributed by atoms with van der Waals surface area (Å²) in [7, 11) is 0. The van der Waals surface area contributed by atoms with E-state index >= 15 is 0 Å². The van der Waals surface area contributed by atoms with Crippen molar-refractivity contribution in [2.45, 2.75) is 6.42 Å². The van der Waals surface area contributed by atoms with Crippen molar-refractivity contribution >= 4 is 29.5 Å². The summed E-state index contributed by atoms with van der Waals surface area (Å²) in [6.07, 6.45) is -0.421. The van der Waals surface area contributed by atoms with Gasteiger partial charge in [0.1, 0.15) is 5.82 Å². The van der Waals surface area contributed by atoms with Crippen molar-refractivity contribution in [2.24, 2.45) is 5.73 Å². The van der Waals surface area contributed by atoms with Crippen LogP contribution in [-0.2, 0) is 20.7 Å². The molecule has 102 valence electrons. The van der Waals surface area contributed by atoms with Crippen LogP contribution in [0.15, 0.2) is 18.2 Å². The fourth-order valence-corrected chi connectivity index (χ4v) is 1.45. The fraction of sp³-hybridized carbons (Fsp3) is 0.182. The predicted molar refractivity (Wildman–Crippen MR) is 63.8 cm³/mol. The number of carbonyl (C=O) groups is 3. The zero-order valence-electron chi connectivity index (χ0n) is 9.61. The summed E-state index contributed by atoms with van der Waals surface area (Å²) in [6.45, 7) is -0.687. The molecule has 3 N–H and O–H groups in total. The summed E-state index contributed by atoms with van der Waals surface area (Å²) >= 11 is 5.72. The van der Waals surface area contributed by atoms with Crippen molar-refractivity contribution in [3.8, 4) is 0 Å². The molecule has 1 aromatic rings. The number of nitrogens with one attached hydrogen (secondary N) is 1. The molecule has 0 saturated heterocycles. The van der Waals surface area contributed by atoms with Gasteiger partial charge in [0.25, 0.3) is 5.91 Å².